The topological polar surface area (TPSA) is 64.4 Å². The molecule has 0 saturated carbocycles. The molecule has 5 rings (SSSR count). The van der Waals surface area contributed by atoms with Crippen LogP contribution in [0.25, 0.3) is 11.1 Å². The van der Waals surface area contributed by atoms with Crippen molar-refractivity contribution in [1.82, 2.24) is 14.5 Å². The van der Waals surface area contributed by atoms with Crippen LogP contribution in [0.3, 0.4) is 0 Å². The number of carbonyl (C=O) groups is 2. The van der Waals surface area contributed by atoms with E-state index in [0.717, 1.165) is 28.1 Å². The minimum Gasteiger partial charge on any atom is -0.467 e. The van der Waals surface area contributed by atoms with Gasteiger partial charge in [-0.05, 0) is 41.0 Å². The van der Waals surface area contributed by atoms with Crippen molar-refractivity contribution in [3.8, 4) is 11.1 Å². The van der Waals surface area contributed by atoms with Gasteiger partial charge in [0.15, 0.2) is 0 Å². The van der Waals surface area contributed by atoms with Crippen LogP contribution in [-0.2, 0) is 29.0 Å². The average Bonchev–Trinajstić information content (AvgIpc) is 3.30. The molecule has 0 saturated heterocycles. The van der Waals surface area contributed by atoms with Crippen molar-refractivity contribution >= 4 is 23.5 Å². The monoisotopic (exact) mass is 485 g/mol. The van der Waals surface area contributed by atoms with Gasteiger partial charge in [0.25, 0.3) is 5.91 Å². The van der Waals surface area contributed by atoms with Crippen molar-refractivity contribution in [1.29, 1.82) is 0 Å². The van der Waals surface area contributed by atoms with Gasteiger partial charge in [-0.3, -0.25) is 4.79 Å². The van der Waals surface area contributed by atoms with E-state index in [4.69, 9.17) is 16.3 Å². The van der Waals surface area contributed by atoms with Gasteiger partial charge in [0.2, 0.25) is 0 Å². The van der Waals surface area contributed by atoms with Gasteiger partial charge < -0.3 is 14.2 Å². The second-order valence-corrected chi connectivity index (χ2v) is 8.95. The Morgan fingerprint density at radius 1 is 0.971 bits per heavy atom. The molecule has 0 aliphatic carbocycles. The Labute approximate surface area is 208 Å². The molecule has 0 spiro atoms. The van der Waals surface area contributed by atoms with E-state index in [1.165, 1.54) is 7.11 Å². The molecule has 3 aromatic carbocycles. The zero-order valence-electron chi connectivity index (χ0n) is 19.2. The Morgan fingerprint density at radius 3 is 2.34 bits per heavy atom. The lowest BCUT2D eigenvalue weighted by Crippen LogP contribution is -2.49. The number of hydrogen-bond donors (Lipinski definition) is 0. The van der Waals surface area contributed by atoms with E-state index in [2.05, 4.69) is 4.98 Å². The highest BCUT2D eigenvalue weighted by molar-refractivity contribution is 6.30. The summed E-state index contributed by atoms with van der Waals surface area (Å²) < 4.78 is 7.05. The molecule has 0 unspecified atom stereocenters. The molecular weight excluding hydrogens is 462 g/mol. The zero-order valence-corrected chi connectivity index (χ0v) is 20.0. The number of esters is 1. The quantitative estimate of drug-likeness (QED) is 0.373. The number of fused-ring (bicyclic) bond motifs is 1. The molecule has 0 N–H and O–H groups in total. The number of ether oxygens (including phenoxy) is 1. The number of imidazole rings is 1. The van der Waals surface area contributed by atoms with Crippen LogP contribution in [0.2, 0.25) is 5.02 Å². The zero-order chi connectivity index (χ0) is 24.4. The Bertz CT molecular complexity index is 1350. The first-order valence-corrected chi connectivity index (χ1v) is 11.7. The molecule has 1 amide bonds. The van der Waals surface area contributed by atoms with Gasteiger partial charge in [-0.1, -0.05) is 66.2 Å². The summed E-state index contributed by atoms with van der Waals surface area (Å²) in [6.45, 7) is 0.859. The molecule has 1 aromatic heterocycles. The summed E-state index contributed by atoms with van der Waals surface area (Å²) in [6, 6.07) is 24.3. The molecule has 1 aliphatic rings. The fourth-order valence-electron chi connectivity index (χ4n) is 4.45. The number of amides is 1. The Balaban J connectivity index is 1.43. The lowest BCUT2D eigenvalue weighted by molar-refractivity contribution is -0.146. The summed E-state index contributed by atoms with van der Waals surface area (Å²) in [7, 11) is 1.34. The van der Waals surface area contributed by atoms with Crippen LogP contribution in [0.4, 0.5) is 0 Å². The van der Waals surface area contributed by atoms with Gasteiger partial charge >= 0.3 is 5.97 Å². The lowest BCUT2D eigenvalue weighted by atomic mass is 9.99. The molecule has 0 bridgehead atoms. The van der Waals surface area contributed by atoms with Crippen molar-refractivity contribution in [2.24, 2.45) is 0 Å². The van der Waals surface area contributed by atoms with E-state index in [-0.39, 0.29) is 12.5 Å². The van der Waals surface area contributed by atoms with Crippen LogP contribution in [-0.4, -0.2) is 39.5 Å². The predicted octanol–water partition coefficient (Wildman–Crippen LogP) is 4.99. The maximum absolute atomic E-state index is 13.6. The van der Waals surface area contributed by atoms with Crippen LogP contribution in [0.1, 0.15) is 27.3 Å². The molecule has 1 atom stereocenters. The van der Waals surface area contributed by atoms with Crippen LogP contribution in [0, 0.1) is 0 Å². The first-order valence-electron chi connectivity index (χ1n) is 11.3. The number of benzene rings is 3. The molecule has 2 heterocycles. The third-order valence-electron chi connectivity index (χ3n) is 6.36. The molecule has 7 heteroatoms. The summed E-state index contributed by atoms with van der Waals surface area (Å²) in [4.78, 5) is 32.3. The predicted molar refractivity (Wildman–Crippen MR) is 134 cm³/mol. The second kappa shape index (κ2) is 9.76. The number of hydrogen-bond acceptors (Lipinski definition) is 4. The van der Waals surface area contributed by atoms with E-state index in [0.29, 0.717) is 23.6 Å². The molecule has 35 heavy (non-hydrogen) atoms. The Kier molecular flexibility index (Phi) is 6.38. The Hall–Kier alpha value is -3.90. The number of rotatable bonds is 5. The van der Waals surface area contributed by atoms with Gasteiger partial charge in [-0.2, -0.15) is 0 Å². The summed E-state index contributed by atoms with van der Waals surface area (Å²) in [5.74, 6) is -0.665. The third kappa shape index (κ3) is 4.70. The minimum absolute atomic E-state index is 0.218. The van der Waals surface area contributed by atoms with Gasteiger partial charge in [0.05, 0.1) is 31.4 Å². The molecule has 0 fully saturated rings. The van der Waals surface area contributed by atoms with Crippen LogP contribution >= 0.6 is 11.6 Å². The van der Waals surface area contributed by atoms with Crippen LogP contribution in [0.5, 0.6) is 0 Å². The van der Waals surface area contributed by atoms with Gasteiger partial charge in [-0.15, -0.1) is 0 Å². The SMILES string of the molecule is COC(=O)[C@H]1Cc2ncn(Cc3ccc(Cl)cc3)c2CN1C(=O)c1ccc(-c2ccccc2)cc1. The van der Waals surface area contributed by atoms with E-state index in [1.807, 2.05) is 71.3 Å². The summed E-state index contributed by atoms with van der Waals surface area (Å²) in [5, 5.41) is 0.678. The van der Waals surface area contributed by atoms with Gasteiger partial charge in [0.1, 0.15) is 6.04 Å². The Morgan fingerprint density at radius 2 is 1.66 bits per heavy atom. The smallest absolute Gasteiger partial charge is 0.329 e. The van der Waals surface area contributed by atoms with E-state index in [1.54, 1.807) is 23.4 Å². The molecule has 4 aromatic rings. The van der Waals surface area contributed by atoms with Crippen LogP contribution < -0.4 is 0 Å². The van der Waals surface area contributed by atoms with Crippen molar-refractivity contribution in [3.63, 3.8) is 0 Å². The van der Waals surface area contributed by atoms with Crippen molar-refractivity contribution < 1.29 is 14.3 Å². The van der Waals surface area contributed by atoms with Crippen molar-refractivity contribution in [2.45, 2.75) is 25.6 Å². The summed E-state index contributed by atoms with van der Waals surface area (Å²) in [5.41, 5.74) is 5.40. The van der Waals surface area contributed by atoms with E-state index in [9.17, 15) is 9.59 Å². The van der Waals surface area contributed by atoms with E-state index < -0.39 is 12.0 Å². The minimum atomic E-state index is -0.729. The maximum Gasteiger partial charge on any atom is 0.329 e. The van der Waals surface area contributed by atoms with Crippen molar-refractivity contribution in [3.05, 3.63) is 113 Å². The standard InChI is InChI=1S/C28H24ClN3O3/c1-35-28(34)25-15-24-26(31(18-30-24)16-19-7-13-23(29)14-8-19)17-32(25)27(33)22-11-9-21(10-12-22)20-5-3-2-4-6-20/h2-14,18,25H,15-17H2,1H3/t25-/m1/s1. The fraction of sp³-hybridized carbons (Fsp3) is 0.179. The number of aromatic nitrogens is 2. The lowest BCUT2D eigenvalue weighted by Gasteiger charge is -2.34. The summed E-state index contributed by atoms with van der Waals surface area (Å²) in [6.07, 6.45) is 2.07. The molecule has 6 nitrogen and oxygen atoms in total. The van der Waals surface area contributed by atoms with Crippen molar-refractivity contribution in [2.75, 3.05) is 7.11 Å². The normalized spacial score (nSPS) is 14.9. The largest absolute Gasteiger partial charge is 0.467 e. The van der Waals surface area contributed by atoms with Gasteiger partial charge in [0, 0.05) is 23.6 Å². The van der Waals surface area contributed by atoms with E-state index >= 15 is 0 Å². The molecule has 1 aliphatic heterocycles. The molecule has 176 valence electrons. The number of nitrogens with zero attached hydrogens (tertiary/aromatic N) is 3. The average molecular weight is 486 g/mol. The third-order valence-corrected chi connectivity index (χ3v) is 6.61. The van der Waals surface area contributed by atoms with Crippen LogP contribution in [0.15, 0.2) is 85.2 Å². The maximum atomic E-state index is 13.6. The molecule has 0 radical (unpaired) electrons. The number of carbonyl (C=O) groups excluding carboxylic acids is 2. The summed E-state index contributed by atoms with van der Waals surface area (Å²) >= 11 is 6.02. The highest BCUT2D eigenvalue weighted by Gasteiger charge is 2.38. The highest BCUT2D eigenvalue weighted by Crippen LogP contribution is 2.27. The number of halogens is 1. The second-order valence-electron chi connectivity index (χ2n) is 8.51. The highest BCUT2D eigenvalue weighted by atomic mass is 35.5. The first-order chi connectivity index (χ1) is 17.0. The first kappa shape index (κ1) is 22.9. The van der Waals surface area contributed by atoms with Gasteiger partial charge in [-0.25, -0.2) is 9.78 Å². The number of methoxy groups -OCH3 is 1. The fourth-order valence-corrected chi connectivity index (χ4v) is 4.58. The molecular formula is C28H24ClN3O3.